The molecule has 4 heteroatoms. The lowest BCUT2D eigenvalue weighted by atomic mass is 10.1. The van der Waals surface area contributed by atoms with Crippen LogP contribution in [0.15, 0.2) is 39.6 Å². The molecule has 0 radical (unpaired) electrons. The van der Waals surface area contributed by atoms with Crippen LogP contribution in [0.1, 0.15) is 16.1 Å². The number of hydrogen-bond acceptors (Lipinski definition) is 4. The Hall–Kier alpha value is -2.23. The summed E-state index contributed by atoms with van der Waals surface area (Å²) in [5, 5.41) is 3.52. The Morgan fingerprint density at radius 3 is 2.53 bits per heavy atom. The molecule has 0 N–H and O–H groups in total. The van der Waals surface area contributed by atoms with Crippen molar-refractivity contribution in [2.45, 2.75) is 0 Å². The standard InChI is InChI=1S/C11H5NO3/c13-9-5-8-6-3-1-2-4-7(6)11(14)10(8)12-15-9/h1-5H. The number of aromatic nitrogens is 1. The minimum Gasteiger partial charge on any atom is -0.313 e. The number of carbonyl (C=O) groups is 1. The van der Waals surface area contributed by atoms with Crippen LogP contribution in [0.5, 0.6) is 0 Å². The van der Waals surface area contributed by atoms with E-state index in [0.29, 0.717) is 11.1 Å². The van der Waals surface area contributed by atoms with Gasteiger partial charge in [0, 0.05) is 17.2 Å². The average molecular weight is 199 g/mol. The summed E-state index contributed by atoms with van der Waals surface area (Å²) in [6, 6.07) is 8.39. The minimum atomic E-state index is -0.543. The zero-order valence-corrected chi connectivity index (χ0v) is 7.56. The third kappa shape index (κ3) is 0.985. The van der Waals surface area contributed by atoms with Crippen molar-refractivity contribution in [1.82, 2.24) is 5.16 Å². The van der Waals surface area contributed by atoms with Crippen molar-refractivity contribution in [3.05, 3.63) is 52.0 Å². The van der Waals surface area contributed by atoms with E-state index in [1.807, 2.05) is 6.07 Å². The van der Waals surface area contributed by atoms with Gasteiger partial charge < -0.3 is 4.52 Å². The van der Waals surface area contributed by atoms with Crippen LogP contribution in [0, 0.1) is 0 Å². The number of fused-ring (bicyclic) bond motifs is 3. The molecule has 2 aromatic rings. The quantitative estimate of drug-likeness (QED) is 0.546. The van der Waals surface area contributed by atoms with Gasteiger partial charge in [0.2, 0.25) is 5.78 Å². The van der Waals surface area contributed by atoms with Crippen molar-refractivity contribution in [3.8, 4) is 11.1 Å². The molecule has 1 aromatic heterocycles. The predicted molar refractivity (Wildman–Crippen MR) is 51.6 cm³/mol. The van der Waals surface area contributed by atoms with Crippen molar-refractivity contribution in [1.29, 1.82) is 0 Å². The van der Waals surface area contributed by atoms with Gasteiger partial charge in [-0.25, -0.2) is 4.79 Å². The van der Waals surface area contributed by atoms with E-state index in [1.54, 1.807) is 18.2 Å². The molecule has 1 aliphatic carbocycles. The van der Waals surface area contributed by atoms with E-state index >= 15 is 0 Å². The first-order chi connectivity index (χ1) is 7.27. The molecule has 0 spiro atoms. The summed E-state index contributed by atoms with van der Waals surface area (Å²) in [6.07, 6.45) is 0. The maximum absolute atomic E-state index is 11.8. The van der Waals surface area contributed by atoms with E-state index in [-0.39, 0.29) is 11.5 Å². The van der Waals surface area contributed by atoms with Crippen LogP contribution in [0.3, 0.4) is 0 Å². The topological polar surface area (TPSA) is 60.2 Å². The van der Waals surface area contributed by atoms with Gasteiger partial charge in [-0.2, -0.15) is 0 Å². The van der Waals surface area contributed by atoms with Crippen LogP contribution in [-0.4, -0.2) is 10.9 Å². The van der Waals surface area contributed by atoms with Gasteiger partial charge in [-0.05, 0) is 5.56 Å². The van der Waals surface area contributed by atoms with Gasteiger partial charge in [0.15, 0.2) is 5.69 Å². The first kappa shape index (κ1) is 8.11. The Kier molecular flexibility index (Phi) is 1.42. The average Bonchev–Trinajstić information content (AvgIpc) is 2.54. The second-order valence-electron chi connectivity index (χ2n) is 3.28. The van der Waals surface area contributed by atoms with Gasteiger partial charge in [0.25, 0.3) is 0 Å². The predicted octanol–water partition coefficient (Wildman–Crippen LogP) is 1.25. The molecule has 0 saturated carbocycles. The Morgan fingerprint density at radius 2 is 1.73 bits per heavy atom. The third-order valence-corrected chi connectivity index (χ3v) is 2.42. The van der Waals surface area contributed by atoms with Crippen molar-refractivity contribution < 1.29 is 9.32 Å². The Labute approximate surface area is 84.1 Å². The molecule has 1 aromatic carbocycles. The highest BCUT2D eigenvalue weighted by Crippen LogP contribution is 2.33. The molecule has 0 amide bonds. The Balaban J connectivity index is 2.44. The summed E-state index contributed by atoms with van der Waals surface area (Å²) in [4.78, 5) is 22.8. The molecule has 1 heterocycles. The van der Waals surface area contributed by atoms with Crippen molar-refractivity contribution in [2.24, 2.45) is 0 Å². The monoisotopic (exact) mass is 199 g/mol. The largest absolute Gasteiger partial charge is 0.359 e. The first-order valence-electron chi connectivity index (χ1n) is 4.42. The van der Waals surface area contributed by atoms with E-state index in [2.05, 4.69) is 9.68 Å². The fourth-order valence-corrected chi connectivity index (χ4v) is 1.76. The lowest BCUT2D eigenvalue weighted by molar-refractivity contribution is 0.103. The van der Waals surface area contributed by atoms with Gasteiger partial charge in [-0.1, -0.05) is 29.4 Å². The van der Waals surface area contributed by atoms with Crippen LogP contribution in [-0.2, 0) is 0 Å². The van der Waals surface area contributed by atoms with Gasteiger partial charge in [0.05, 0.1) is 0 Å². The van der Waals surface area contributed by atoms with Gasteiger partial charge >= 0.3 is 5.63 Å². The second kappa shape index (κ2) is 2.63. The van der Waals surface area contributed by atoms with E-state index in [0.717, 1.165) is 5.56 Å². The summed E-state index contributed by atoms with van der Waals surface area (Å²) < 4.78 is 4.45. The van der Waals surface area contributed by atoms with E-state index in [1.165, 1.54) is 6.07 Å². The number of ketones is 1. The molecule has 3 rings (SSSR count). The molecule has 0 bridgehead atoms. The zero-order chi connectivity index (χ0) is 10.4. The maximum Gasteiger partial charge on any atom is 0.359 e. The van der Waals surface area contributed by atoms with Crippen molar-refractivity contribution in [3.63, 3.8) is 0 Å². The highest BCUT2D eigenvalue weighted by Gasteiger charge is 2.28. The molecule has 0 unspecified atom stereocenters. The Bertz CT molecular complexity index is 628. The van der Waals surface area contributed by atoms with Crippen LogP contribution in [0.25, 0.3) is 11.1 Å². The molecule has 72 valence electrons. The number of hydrogen-bond donors (Lipinski definition) is 0. The van der Waals surface area contributed by atoms with Crippen molar-refractivity contribution in [2.75, 3.05) is 0 Å². The SMILES string of the molecule is O=C1c2ccccc2-c2cc(=O)onc21. The summed E-state index contributed by atoms with van der Waals surface area (Å²) in [5.74, 6) is -0.190. The Morgan fingerprint density at radius 1 is 1.00 bits per heavy atom. The lowest BCUT2D eigenvalue weighted by Crippen LogP contribution is -2.04. The third-order valence-electron chi connectivity index (χ3n) is 2.42. The van der Waals surface area contributed by atoms with Crippen LogP contribution >= 0.6 is 0 Å². The molecule has 1 aliphatic rings. The van der Waals surface area contributed by atoms with E-state index < -0.39 is 5.63 Å². The summed E-state index contributed by atoms with van der Waals surface area (Å²) >= 11 is 0. The highest BCUT2D eigenvalue weighted by molar-refractivity contribution is 6.20. The molecule has 0 aliphatic heterocycles. The van der Waals surface area contributed by atoms with Crippen LogP contribution in [0.2, 0.25) is 0 Å². The number of carbonyl (C=O) groups excluding carboxylic acids is 1. The van der Waals surface area contributed by atoms with Gasteiger partial charge in [-0.15, -0.1) is 0 Å². The molecule has 0 atom stereocenters. The van der Waals surface area contributed by atoms with E-state index in [9.17, 15) is 9.59 Å². The molecular formula is C11H5NO3. The number of nitrogens with zero attached hydrogens (tertiary/aromatic N) is 1. The molecule has 0 fully saturated rings. The fourth-order valence-electron chi connectivity index (χ4n) is 1.76. The van der Waals surface area contributed by atoms with E-state index in [4.69, 9.17) is 0 Å². The lowest BCUT2D eigenvalue weighted by Gasteiger charge is -1.94. The second-order valence-corrected chi connectivity index (χ2v) is 3.28. The molecule has 0 saturated heterocycles. The van der Waals surface area contributed by atoms with Gasteiger partial charge in [-0.3, -0.25) is 4.79 Å². The molecule has 4 nitrogen and oxygen atoms in total. The maximum atomic E-state index is 11.8. The van der Waals surface area contributed by atoms with Crippen molar-refractivity contribution >= 4 is 5.78 Å². The first-order valence-corrected chi connectivity index (χ1v) is 4.42. The molecule has 15 heavy (non-hydrogen) atoms. The number of benzene rings is 1. The normalized spacial score (nSPS) is 12.4. The minimum absolute atomic E-state index is 0.190. The fraction of sp³-hybridized carbons (Fsp3) is 0. The zero-order valence-electron chi connectivity index (χ0n) is 7.56. The molecular weight excluding hydrogens is 194 g/mol. The summed E-state index contributed by atoms with van der Waals surface area (Å²) in [7, 11) is 0. The number of rotatable bonds is 0. The smallest absolute Gasteiger partial charge is 0.313 e. The summed E-state index contributed by atoms with van der Waals surface area (Å²) in [5.41, 5.74) is 1.56. The van der Waals surface area contributed by atoms with Gasteiger partial charge in [0.1, 0.15) is 0 Å². The van der Waals surface area contributed by atoms with Crippen LogP contribution < -0.4 is 5.63 Å². The highest BCUT2D eigenvalue weighted by atomic mass is 16.5. The van der Waals surface area contributed by atoms with Crippen LogP contribution in [0.4, 0.5) is 0 Å². The summed E-state index contributed by atoms with van der Waals surface area (Å²) in [6.45, 7) is 0.